The number of nitrogens with two attached hydrogens (primary N) is 1. The fourth-order valence-corrected chi connectivity index (χ4v) is 1.75. The zero-order valence-electron chi connectivity index (χ0n) is 5.86. The number of hydrogen-bond donors (Lipinski definition) is 2. The fraction of sp³-hybridized carbons (Fsp3) is 0.857. The van der Waals surface area contributed by atoms with Gasteiger partial charge in [0.05, 0.1) is 0 Å². The van der Waals surface area contributed by atoms with Crippen molar-refractivity contribution >= 4 is 18.9 Å². The van der Waals surface area contributed by atoms with E-state index in [0.29, 0.717) is 0 Å². The smallest absolute Gasteiger partial charge is 0.123 e. The van der Waals surface area contributed by atoms with Crippen LogP contribution in [0.1, 0.15) is 19.3 Å². The summed E-state index contributed by atoms with van der Waals surface area (Å²) in [4.78, 5) is 10.3. The van der Waals surface area contributed by atoms with Crippen molar-refractivity contribution in [3.8, 4) is 0 Å². The molecule has 3 heteroatoms. The van der Waals surface area contributed by atoms with Gasteiger partial charge in [0.1, 0.15) is 6.29 Å². The largest absolute Gasteiger partial charge is 0.327 e. The van der Waals surface area contributed by atoms with Gasteiger partial charge in [0, 0.05) is 17.2 Å². The highest BCUT2D eigenvalue weighted by Gasteiger charge is 2.24. The summed E-state index contributed by atoms with van der Waals surface area (Å²) in [5, 5.41) is 0.226. The molecule has 0 aromatic carbocycles. The molecule has 0 spiro atoms. The molecule has 0 amide bonds. The molecule has 1 aliphatic rings. The summed E-state index contributed by atoms with van der Waals surface area (Å²) < 4.78 is 0. The summed E-state index contributed by atoms with van der Waals surface area (Å²) in [7, 11) is 0. The highest BCUT2D eigenvalue weighted by molar-refractivity contribution is 7.81. The van der Waals surface area contributed by atoms with Gasteiger partial charge in [-0.1, -0.05) is 0 Å². The Kier molecular flexibility index (Phi) is 2.74. The van der Waals surface area contributed by atoms with Crippen molar-refractivity contribution in [2.75, 3.05) is 0 Å². The first-order chi connectivity index (χ1) is 4.74. The topological polar surface area (TPSA) is 43.1 Å². The summed E-state index contributed by atoms with van der Waals surface area (Å²) in [6, 6.07) is 0.194. The predicted octanol–water partition coefficient (Wildman–Crippen LogP) is 0.611. The second-order valence-electron chi connectivity index (χ2n) is 2.94. The molecule has 3 unspecified atom stereocenters. The Hall–Kier alpha value is -0.0200. The Morgan fingerprint density at radius 2 is 2.20 bits per heavy atom. The van der Waals surface area contributed by atoms with Crippen molar-refractivity contribution in [2.45, 2.75) is 30.6 Å². The summed E-state index contributed by atoms with van der Waals surface area (Å²) in [5.41, 5.74) is 5.70. The lowest BCUT2D eigenvalue weighted by atomic mass is 9.87. The lowest BCUT2D eigenvalue weighted by molar-refractivity contribution is -0.111. The molecule has 0 bridgehead atoms. The average molecular weight is 159 g/mol. The molecule has 0 radical (unpaired) electrons. The van der Waals surface area contributed by atoms with E-state index in [9.17, 15) is 4.79 Å². The van der Waals surface area contributed by atoms with Gasteiger partial charge in [0.25, 0.3) is 0 Å². The quantitative estimate of drug-likeness (QED) is 0.435. The molecular weight excluding hydrogens is 146 g/mol. The van der Waals surface area contributed by atoms with Crippen LogP contribution >= 0.6 is 12.6 Å². The van der Waals surface area contributed by atoms with Gasteiger partial charge in [-0.15, -0.1) is 0 Å². The third-order valence-corrected chi connectivity index (χ3v) is 2.70. The first-order valence-electron chi connectivity index (χ1n) is 3.63. The van der Waals surface area contributed by atoms with Crippen LogP contribution in [0.2, 0.25) is 0 Å². The molecular formula is C7H13NOS. The maximum atomic E-state index is 10.3. The highest BCUT2D eigenvalue weighted by Crippen LogP contribution is 2.25. The SMILES string of the molecule is NC1CCC(C=O)CC1S. The van der Waals surface area contributed by atoms with Gasteiger partial charge < -0.3 is 10.5 Å². The van der Waals surface area contributed by atoms with Crippen molar-refractivity contribution in [3.63, 3.8) is 0 Å². The molecule has 0 aromatic heterocycles. The molecule has 0 saturated heterocycles. The molecule has 1 rings (SSSR count). The summed E-state index contributed by atoms with van der Waals surface area (Å²) >= 11 is 4.29. The Labute approximate surface area is 66.6 Å². The summed E-state index contributed by atoms with van der Waals surface area (Å²) in [5.74, 6) is 0.210. The van der Waals surface area contributed by atoms with E-state index in [2.05, 4.69) is 12.6 Å². The van der Waals surface area contributed by atoms with Crippen LogP contribution in [0, 0.1) is 5.92 Å². The average Bonchev–Trinajstić information content (AvgIpc) is 1.95. The van der Waals surface area contributed by atoms with Crippen molar-refractivity contribution in [1.29, 1.82) is 0 Å². The Bertz CT molecular complexity index is 129. The van der Waals surface area contributed by atoms with Crippen LogP contribution in [0.15, 0.2) is 0 Å². The maximum Gasteiger partial charge on any atom is 0.123 e. The van der Waals surface area contributed by atoms with Gasteiger partial charge in [-0.25, -0.2) is 0 Å². The minimum Gasteiger partial charge on any atom is -0.327 e. The van der Waals surface area contributed by atoms with Gasteiger partial charge >= 0.3 is 0 Å². The van der Waals surface area contributed by atoms with E-state index in [4.69, 9.17) is 5.73 Å². The summed E-state index contributed by atoms with van der Waals surface area (Å²) in [6.07, 6.45) is 3.77. The molecule has 0 heterocycles. The van der Waals surface area contributed by atoms with Crippen LogP contribution in [-0.4, -0.2) is 17.6 Å². The standard InChI is InChI=1S/C7H13NOS/c8-6-2-1-5(4-9)3-7(6)10/h4-7,10H,1-3,8H2. The molecule has 1 fully saturated rings. The van der Waals surface area contributed by atoms with Gasteiger partial charge in [0.2, 0.25) is 0 Å². The van der Waals surface area contributed by atoms with Gasteiger partial charge in [0.15, 0.2) is 0 Å². The number of aldehydes is 1. The molecule has 0 aliphatic heterocycles. The van der Waals surface area contributed by atoms with E-state index in [0.717, 1.165) is 25.5 Å². The zero-order chi connectivity index (χ0) is 7.56. The van der Waals surface area contributed by atoms with Crippen LogP contribution in [0.3, 0.4) is 0 Å². The normalized spacial score (nSPS) is 41.2. The number of carbonyl (C=O) groups is 1. The minimum absolute atomic E-state index is 0.194. The number of carbonyl (C=O) groups excluding carboxylic acids is 1. The van der Waals surface area contributed by atoms with E-state index in [1.165, 1.54) is 0 Å². The van der Waals surface area contributed by atoms with Crippen molar-refractivity contribution in [2.24, 2.45) is 11.7 Å². The number of hydrogen-bond acceptors (Lipinski definition) is 3. The molecule has 10 heavy (non-hydrogen) atoms. The second-order valence-corrected chi connectivity index (χ2v) is 3.60. The maximum absolute atomic E-state index is 10.3. The van der Waals surface area contributed by atoms with Crippen molar-refractivity contribution in [3.05, 3.63) is 0 Å². The first-order valence-corrected chi connectivity index (χ1v) is 4.14. The van der Waals surface area contributed by atoms with E-state index < -0.39 is 0 Å². The minimum atomic E-state index is 0.194. The zero-order valence-corrected chi connectivity index (χ0v) is 6.76. The van der Waals surface area contributed by atoms with Crippen LogP contribution in [0.4, 0.5) is 0 Å². The van der Waals surface area contributed by atoms with E-state index in [1.54, 1.807) is 0 Å². The summed E-state index contributed by atoms with van der Waals surface area (Å²) in [6.45, 7) is 0. The third-order valence-electron chi connectivity index (χ3n) is 2.10. The van der Waals surface area contributed by atoms with Crippen LogP contribution < -0.4 is 5.73 Å². The van der Waals surface area contributed by atoms with E-state index in [1.807, 2.05) is 0 Å². The lowest BCUT2D eigenvalue weighted by Gasteiger charge is -2.27. The Morgan fingerprint density at radius 3 is 2.70 bits per heavy atom. The molecule has 2 nitrogen and oxygen atoms in total. The van der Waals surface area contributed by atoms with Gasteiger partial charge in [-0.3, -0.25) is 0 Å². The van der Waals surface area contributed by atoms with Crippen LogP contribution in [0.25, 0.3) is 0 Å². The second kappa shape index (κ2) is 3.39. The van der Waals surface area contributed by atoms with E-state index in [-0.39, 0.29) is 17.2 Å². The Morgan fingerprint density at radius 1 is 1.50 bits per heavy atom. The van der Waals surface area contributed by atoms with E-state index >= 15 is 0 Å². The van der Waals surface area contributed by atoms with Crippen LogP contribution in [-0.2, 0) is 4.79 Å². The molecule has 58 valence electrons. The predicted molar refractivity (Wildman–Crippen MR) is 44.2 cm³/mol. The first kappa shape index (κ1) is 8.08. The molecule has 0 aromatic rings. The molecule has 1 saturated carbocycles. The number of thiol groups is 1. The highest BCUT2D eigenvalue weighted by atomic mass is 32.1. The van der Waals surface area contributed by atoms with Crippen molar-refractivity contribution in [1.82, 2.24) is 0 Å². The Balaban J connectivity index is 2.40. The molecule has 1 aliphatic carbocycles. The van der Waals surface area contributed by atoms with Gasteiger partial charge in [-0.05, 0) is 19.3 Å². The van der Waals surface area contributed by atoms with Crippen molar-refractivity contribution < 1.29 is 4.79 Å². The third kappa shape index (κ3) is 1.73. The molecule has 2 N–H and O–H groups in total. The lowest BCUT2D eigenvalue weighted by Crippen LogP contribution is -2.37. The van der Waals surface area contributed by atoms with Crippen LogP contribution in [0.5, 0.6) is 0 Å². The van der Waals surface area contributed by atoms with Gasteiger partial charge in [-0.2, -0.15) is 12.6 Å². The molecule has 3 atom stereocenters. The number of rotatable bonds is 1. The monoisotopic (exact) mass is 159 g/mol. The fourth-order valence-electron chi connectivity index (χ4n) is 1.33.